The molecule has 2 unspecified atom stereocenters. The molecule has 4 N–H and O–H groups in total. The monoisotopic (exact) mass is 220 g/mol. The smallest absolute Gasteiger partial charge is 0.187 e. The molecule has 0 amide bonds. The zero-order valence-corrected chi connectivity index (χ0v) is 8.19. The van der Waals surface area contributed by atoms with Crippen molar-refractivity contribution in [1.82, 2.24) is 0 Å². The summed E-state index contributed by atoms with van der Waals surface area (Å²) in [5, 5.41) is 37.1. The lowest BCUT2D eigenvalue weighted by Gasteiger charge is -2.39. The van der Waals surface area contributed by atoms with Gasteiger partial charge in [0.05, 0.1) is 13.2 Å². The molecule has 0 saturated carbocycles. The summed E-state index contributed by atoms with van der Waals surface area (Å²) < 4.78 is 10.1. The average Bonchev–Trinajstić information content (AvgIpc) is 2.25. The Hall–Kier alpha value is -0.500. The normalized spacial score (nSPS) is 41.5. The van der Waals surface area contributed by atoms with E-state index >= 15 is 0 Å². The molecule has 0 aromatic rings. The van der Waals surface area contributed by atoms with Gasteiger partial charge in [0.15, 0.2) is 6.29 Å². The fraction of sp³-hybridized carbons (Fsp3) is 0.778. The van der Waals surface area contributed by atoms with E-state index in [1.165, 1.54) is 6.08 Å². The van der Waals surface area contributed by atoms with E-state index in [2.05, 4.69) is 6.58 Å². The van der Waals surface area contributed by atoms with Crippen molar-refractivity contribution in [1.29, 1.82) is 0 Å². The molecular formula is C9H16O6. The van der Waals surface area contributed by atoms with E-state index in [1.807, 2.05) is 0 Å². The van der Waals surface area contributed by atoms with Crippen LogP contribution in [0.5, 0.6) is 0 Å². The Morgan fingerprint density at radius 1 is 1.20 bits per heavy atom. The quantitative estimate of drug-likeness (QED) is 0.408. The lowest BCUT2D eigenvalue weighted by Crippen LogP contribution is -2.59. The van der Waals surface area contributed by atoms with Gasteiger partial charge in [-0.1, -0.05) is 6.08 Å². The van der Waals surface area contributed by atoms with Crippen molar-refractivity contribution < 1.29 is 29.9 Å². The number of hydrogen-bond acceptors (Lipinski definition) is 6. The van der Waals surface area contributed by atoms with Crippen LogP contribution in [0.3, 0.4) is 0 Å². The minimum absolute atomic E-state index is 0.142. The third kappa shape index (κ3) is 2.75. The van der Waals surface area contributed by atoms with Gasteiger partial charge in [-0.05, 0) is 0 Å². The van der Waals surface area contributed by atoms with E-state index in [0.29, 0.717) is 0 Å². The van der Waals surface area contributed by atoms with E-state index in [1.54, 1.807) is 0 Å². The number of hydrogen-bond donors (Lipinski definition) is 4. The van der Waals surface area contributed by atoms with Gasteiger partial charge >= 0.3 is 0 Å². The Labute approximate surface area is 87.4 Å². The zero-order chi connectivity index (χ0) is 11.4. The van der Waals surface area contributed by atoms with Crippen LogP contribution in [0, 0.1) is 0 Å². The van der Waals surface area contributed by atoms with E-state index in [4.69, 9.17) is 14.6 Å². The van der Waals surface area contributed by atoms with Gasteiger partial charge in [-0.25, -0.2) is 0 Å². The molecule has 0 radical (unpaired) electrons. The van der Waals surface area contributed by atoms with Crippen molar-refractivity contribution in [3.8, 4) is 0 Å². The molecule has 1 aliphatic heterocycles. The largest absolute Gasteiger partial charge is 0.394 e. The Morgan fingerprint density at radius 3 is 2.40 bits per heavy atom. The molecule has 0 spiro atoms. The van der Waals surface area contributed by atoms with Gasteiger partial charge < -0.3 is 29.9 Å². The predicted octanol–water partition coefficient (Wildman–Crippen LogP) is -2.01. The van der Waals surface area contributed by atoms with Crippen LogP contribution in [0.2, 0.25) is 0 Å². The van der Waals surface area contributed by atoms with Crippen LogP contribution in [-0.2, 0) is 9.47 Å². The molecule has 6 nitrogen and oxygen atoms in total. The van der Waals surface area contributed by atoms with Crippen LogP contribution in [0.1, 0.15) is 0 Å². The van der Waals surface area contributed by atoms with Crippen molar-refractivity contribution in [2.75, 3.05) is 13.2 Å². The van der Waals surface area contributed by atoms with Crippen molar-refractivity contribution in [3.63, 3.8) is 0 Å². The predicted molar refractivity (Wildman–Crippen MR) is 49.9 cm³/mol. The van der Waals surface area contributed by atoms with Gasteiger partial charge in [-0.3, -0.25) is 0 Å². The highest BCUT2D eigenvalue weighted by atomic mass is 16.7. The molecule has 1 aliphatic rings. The zero-order valence-electron chi connectivity index (χ0n) is 8.19. The average molecular weight is 220 g/mol. The van der Waals surface area contributed by atoms with Gasteiger partial charge in [-0.2, -0.15) is 0 Å². The summed E-state index contributed by atoms with van der Waals surface area (Å²) in [5.74, 6) is 0. The maximum atomic E-state index is 9.47. The molecule has 1 rings (SSSR count). The third-order valence-corrected chi connectivity index (χ3v) is 2.23. The van der Waals surface area contributed by atoms with E-state index in [9.17, 15) is 15.3 Å². The Morgan fingerprint density at radius 2 is 1.87 bits per heavy atom. The summed E-state index contributed by atoms with van der Waals surface area (Å²) in [6.45, 7) is 3.10. The molecule has 1 saturated heterocycles. The Kier molecular flexibility index (Phi) is 4.65. The number of ether oxygens (including phenoxy) is 2. The summed E-state index contributed by atoms with van der Waals surface area (Å²) in [5.41, 5.74) is 0. The first kappa shape index (κ1) is 12.6. The molecular weight excluding hydrogens is 204 g/mol. The number of rotatable bonds is 4. The second kappa shape index (κ2) is 5.55. The molecule has 1 fully saturated rings. The first-order chi connectivity index (χ1) is 7.11. The maximum Gasteiger partial charge on any atom is 0.187 e. The molecule has 6 heteroatoms. The third-order valence-electron chi connectivity index (χ3n) is 2.23. The minimum atomic E-state index is -1.40. The van der Waals surface area contributed by atoms with E-state index in [0.717, 1.165) is 0 Å². The minimum Gasteiger partial charge on any atom is -0.394 e. The maximum absolute atomic E-state index is 9.47. The molecule has 88 valence electrons. The molecule has 15 heavy (non-hydrogen) atoms. The first-order valence-corrected chi connectivity index (χ1v) is 4.64. The highest BCUT2D eigenvalue weighted by Gasteiger charge is 2.43. The van der Waals surface area contributed by atoms with Crippen molar-refractivity contribution in [2.24, 2.45) is 0 Å². The standard InChI is InChI=1S/C9H16O6/c1-2-3-14-9-8(13)7(12)6(11)5(4-10)15-9/h2,5-13H,1,3-4H2/t5?,6-,7+,8?,9+/m0/s1. The summed E-state index contributed by atoms with van der Waals surface area (Å²) in [7, 11) is 0. The highest BCUT2D eigenvalue weighted by molar-refractivity contribution is 4.89. The van der Waals surface area contributed by atoms with Crippen LogP contribution in [-0.4, -0.2) is 64.3 Å². The lowest BCUT2D eigenvalue weighted by molar-refractivity contribution is -0.298. The molecule has 5 atom stereocenters. The molecule has 1 heterocycles. The fourth-order valence-electron chi connectivity index (χ4n) is 1.37. The van der Waals surface area contributed by atoms with E-state index in [-0.39, 0.29) is 6.61 Å². The Balaban J connectivity index is 2.60. The summed E-state index contributed by atoms with van der Waals surface area (Å²) >= 11 is 0. The summed E-state index contributed by atoms with van der Waals surface area (Å²) in [6.07, 6.45) is -4.64. The van der Waals surface area contributed by atoms with Crippen molar-refractivity contribution in [2.45, 2.75) is 30.7 Å². The van der Waals surface area contributed by atoms with Gasteiger partial charge in [0.25, 0.3) is 0 Å². The number of aliphatic hydroxyl groups is 4. The SMILES string of the molecule is C=CCO[C@@H]1OC(CO)[C@H](O)[C@@H](O)C1O. The molecule has 0 aliphatic carbocycles. The second-order valence-electron chi connectivity index (χ2n) is 3.32. The van der Waals surface area contributed by atoms with Crippen LogP contribution in [0.25, 0.3) is 0 Å². The molecule has 0 bridgehead atoms. The van der Waals surface area contributed by atoms with Crippen LogP contribution in [0.4, 0.5) is 0 Å². The van der Waals surface area contributed by atoms with Gasteiger partial charge in [-0.15, -0.1) is 6.58 Å². The van der Waals surface area contributed by atoms with Crippen LogP contribution in [0.15, 0.2) is 12.7 Å². The van der Waals surface area contributed by atoms with Crippen LogP contribution < -0.4 is 0 Å². The number of aliphatic hydroxyl groups excluding tert-OH is 4. The van der Waals surface area contributed by atoms with Gasteiger partial charge in [0.2, 0.25) is 0 Å². The van der Waals surface area contributed by atoms with Gasteiger partial charge in [0.1, 0.15) is 24.4 Å². The fourth-order valence-corrected chi connectivity index (χ4v) is 1.37. The van der Waals surface area contributed by atoms with Crippen LogP contribution >= 0.6 is 0 Å². The first-order valence-electron chi connectivity index (χ1n) is 4.64. The van der Waals surface area contributed by atoms with Crippen molar-refractivity contribution >= 4 is 0 Å². The second-order valence-corrected chi connectivity index (χ2v) is 3.32. The van der Waals surface area contributed by atoms with Gasteiger partial charge in [0, 0.05) is 0 Å². The highest BCUT2D eigenvalue weighted by Crippen LogP contribution is 2.21. The summed E-state index contributed by atoms with van der Waals surface area (Å²) in [6, 6.07) is 0. The summed E-state index contributed by atoms with van der Waals surface area (Å²) in [4.78, 5) is 0. The lowest BCUT2D eigenvalue weighted by atomic mass is 9.99. The molecule has 0 aromatic carbocycles. The van der Waals surface area contributed by atoms with Crippen molar-refractivity contribution in [3.05, 3.63) is 12.7 Å². The van der Waals surface area contributed by atoms with E-state index < -0.39 is 37.3 Å². The Bertz CT molecular complexity index is 207. The topological polar surface area (TPSA) is 99.4 Å². The molecule has 0 aromatic heterocycles.